The molecule has 0 unspecified atom stereocenters. The number of aromatic nitrogens is 3. The maximum atomic E-state index is 12.9. The van der Waals surface area contributed by atoms with Gasteiger partial charge in [-0.1, -0.05) is 43.8 Å². The molecule has 1 aromatic heterocycles. The van der Waals surface area contributed by atoms with Crippen LogP contribution >= 0.6 is 11.8 Å². The Morgan fingerprint density at radius 3 is 2.21 bits per heavy atom. The summed E-state index contributed by atoms with van der Waals surface area (Å²) >= 11 is 1.22. The zero-order chi connectivity index (χ0) is 30.8. The summed E-state index contributed by atoms with van der Waals surface area (Å²) in [5.74, 6) is 0.685. The van der Waals surface area contributed by atoms with E-state index in [1.165, 1.54) is 40.3 Å². The third kappa shape index (κ3) is 8.00. The first-order valence-electron chi connectivity index (χ1n) is 13.8. The highest BCUT2D eigenvalue weighted by Gasteiger charge is 2.22. The van der Waals surface area contributed by atoms with Crippen LogP contribution in [0, 0.1) is 0 Å². The van der Waals surface area contributed by atoms with Crippen LogP contribution in [0.1, 0.15) is 37.0 Å². The largest absolute Gasteiger partial charge is 0.494 e. The second-order valence-corrected chi connectivity index (χ2v) is 12.0. The van der Waals surface area contributed by atoms with Gasteiger partial charge in [0.15, 0.2) is 11.0 Å². The smallest absolute Gasteiger partial charge is 0.251 e. The van der Waals surface area contributed by atoms with Gasteiger partial charge in [-0.05, 0) is 67.6 Å². The van der Waals surface area contributed by atoms with Gasteiger partial charge >= 0.3 is 0 Å². The second-order valence-electron chi connectivity index (χ2n) is 9.16. The number of sulfonamides is 1. The number of hydrogen-bond acceptors (Lipinski definition) is 8. The lowest BCUT2D eigenvalue weighted by Crippen LogP contribution is -2.30. The molecule has 0 aliphatic carbocycles. The number of nitrogens with zero attached hydrogens (tertiary/aromatic N) is 4. The Morgan fingerprint density at radius 1 is 0.907 bits per heavy atom. The van der Waals surface area contributed by atoms with Crippen molar-refractivity contribution in [2.75, 3.05) is 30.8 Å². The van der Waals surface area contributed by atoms with Crippen molar-refractivity contribution in [3.05, 3.63) is 90.3 Å². The SMILES string of the molecule is CCOc1ccc(NC(=O)CSc2nnc(CNC(=O)c3ccc(S(=O)(=O)N(CC)CC)cc3)n2-c2ccccc2)cc1. The van der Waals surface area contributed by atoms with Crippen LogP contribution in [0.5, 0.6) is 5.75 Å². The predicted molar refractivity (Wildman–Crippen MR) is 166 cm³/mol. The molecule has 0 atom stereocenters. The summed E-state index contributed by atoms with van der Waals surface area (Å²) in [4.78, 5) is 25.7. The molecule has 0 fully saturated rings. The van der Waals surface area contributed by atoms with E-state index in [0.29, 0.717) is 41.9 Å². The zero-order valence-electron chi connectivity index (χ0n) is 24.2. The molecule has 2 amide bonds. The van der Waals surface area contributed by atoms with Crippen LogP contribution in [-0.4, -0.2) is 64.8 Å². The van der Waals surface area contributed by atoms with E-state index in [2.05, 4.69) is 20.8 Å². The van der Waals surface area contributed by atoms with Crippen LogP contribution in [0.2, 0.25) is 0 Å². The second kappa shape index (κ2) is 14.8. The Balaban J connectivity index is 1.43. The number of amides is 2. The molecule has 0 aliphatic rings. The molecular formula is C30H34N6O5S2. The highest BCUT2D eigenvalue weighted by molar-refractivity contribution is 7.99. The van der Waals surface area contributed by atoms with E-state index in [1.54, 1.807) is 42.7 Å². The summed E-state index contributed by atoms with van der Waals surface area (Å²) in [5.41, 5.74) is 1.74. The average Bonchev–Trinajstić information content (AvgIpc) is 3.43. The van der Waals surface area contributed by atoms with Gasteiger partial charge in [-0.25, -0.2) is 8.42 Å². The van der Waals surface area contributed by atoms with Gasteiger partial charge in [-0.2, -0.15) is 4.31 Å². The highest BCUT2D eigenvalue weighted by Crippen LogP contribution is 2.23. The number of carbonyl (C=O) groups is 2. The Hall–Kier alpha value is -4.20. The molecular weight excluding hydrogens is 589 g/mol. The molecule has 0 saturated carbocycles. The third-order valence-corrected chi connectivity index (χ3v) is 9.36. The molecule has 13 heteroatoms. The summed E-state index contributed by atoms with van der Waals surface area (Å²) in [5, 5.41) is 14.7. The number of para-hydroxylation sites is 1. The van der Waals surface area contributed by atoms with Crippen LogP contribution in [0.25, 0.3) is 5.69 Å². The topological polar surface area (TPSA) is 136 Å². The normalized spacial score (nSPS) is 11.3. The molecule has 226 valence electrons. The molecule has 3 aromatic carbocycles. The van der Waals surface area contributed by atoms with Crippen LogP contribution < -0.4 is 15.4 Å². The Bertz CT molecular complexity index is 1620. The van der Waals surface area contributed by atoms with E-state index in [9.17, 15) is 18.0 Å². The van der Waals surface area contributed by atoms with Crippen molar-refractivity contribution in [3.63, 3.8) is 0 Å². The molecule has 11 nitrogen and oxygen atoms in total. The molecule has 43 heavy (non-hydrogen) atoms. The molecule has 0 saturated heterocycles. The summed E-state index contributed by atoms with van der Waals surface area (Å²) in [6, 6.07) is 22.4. The summed E-state index contributed by atoms with van der Waals surface area (Å²) in [6.45, 7) is 6.79. The van der Waals surface area contributed by atoms with E-state index >= 15 is 0 Å². The first-order chi connectivity index (χ1) is 20.8. The minimum atomic E-state index is -3.62. The fourth-order valence-corrected chi connectivity index (χ4v) is 6.45. The standard InChI is InChI=1S/C30H34N6O5S2/c1-4-35(5-2)43(39,40)26-18-12-22(13-19-26)29(38)31-20-27-33-34-30(36(27)24-10-8-7-9-11-24)42-21-28(37)32-23-14-16-25(17-15-23)41-6-3/h7-19H,4-6,20-21H2,1-3H3,(H,31,38)(H,32,37). The van der Waals surface area contributed by atoms with Gasteiger partial charge in [0.1, 0.15) is 5.75 Å². The van der Waals surface area contributed by atoms with Gasteiger partial charge in [0.2, 0.25) is 15.9 Å². The first kappa shape index (κ1) is 31.7. The summed E-state index contributed by atoms with van der Waals surface area (Å²) in [6.07, 6.45) is 0. The van der Waals surface area contributed by atoms with Crippen LogP contribution in [0.3, 0.4) is 0 Å². The van der Waals surface area contributed by atoms with E-state index in [0.717, 1.165) is 11.4 Å². The van der Waals surface area contributed by atoms with Crippen molar-refractivity contribution in [1.29, 1.82) is 0 Å². The maximum absolute atomic E-state index is 12.9. The number of anilines is 1. The first-order valence-corrected chi connectivity index (χ1v) is 16.2. The number of thioether (sulfide) groups is 1. The van der Waals surface area contributed by atoms with E-state index < -0.39 is 15.9 Å². The predicted octanol–water partition coefficient (Wildman–Crippen LogP) is 4.36. The van der Waals surface area contributed by atoms with Crippen molar-refractivity contribution >= 4 is 39.3 Å². The van der Waals surface area contributed by atoms with Gasteiger partial charge in [0.05, 0.1) is 23.8 Å². The summed E-state index contributed by atoms with van der Waals surface area (Å²) < 4.78 is 34.1. The van der Waals surface area contributed by atoms with Crippen molar-refractivity contribution in [2.24, 2.45) is 0 Å². The molecule has 1 heterocycles. The minimum absolute atomic E-state index is 0.0547. The van der Waals surface area contributed by atoms with Gasteiger partial charge in [-0.3, -0.25) is 14.2 Å². The number of carbonyl (C=O) groups excluding carboxylic acids is 2. The quantitative estimate of drug-likeness (QED) is 0.198. The molecule has 0 bridgehead atoms. The highest BCUT2D eigenvalue weighted by atomic mass is 32.2. The maximum Gasteiger partial charge on any atom is 0.251 e. The fourth-order valence-electron chi connectivity index (χ4n) is 4.23. The van der Waals surface area contributed by atoms with Crippen molar-refractivity contribution in [2.45, 2.75) is 37.4 Å². The van der Waals surface area contributed by atoms with Gasteiger partial charge in [-0.15, -0.1) is 10.2 Å². The number of hydrogen-bond donors (Lipinski definition) is 2. The molecule has 0 spiro atoms. The third-order valence-electron chi connectivity index (χ3n) is 6.36. The lowest BCUT2D eigenvalue weighted by Gasteiger charge is -2.18. The van der Waals surface area contributed by atoms with Gasteiger partial charge in [0.25, 0.3) is 5.91 Å². The van der Waals surface area contributed by atoms with Crippen LogP contribution in [-0.2, 0) is 21.4 Å². The van der Waals surface area contributed by atoms with Gasteiger partial charge in [0, 0.05) is 30.0 Å². The average molecular weight is 623 g/mol. The lowest BCUT2D eigenvalue weighted by atomic mass is 10.2. The lowest BCUT2D eigenvalue weighted by molar-refractivity contribution is -0.113. The Morgan fingerprint density at radius 2 is 1.58 bits per heavy atom. The van der Waals surface area contributed by atoms with E-state index in [1.807, 2.05) is 37.3 Å². The van der Waals surface area contributed by atoms with Crippen molar-refractivity contribution < 1.29 is 22.7 Å². The molecule has 4 aromatic rings. The number of ether oxygens (including phenoxy) is 1. The van der Waals surface area contributed by atoms with Crippen molar-refractivity contribution in [1.82, 2.24) is 24.4 Å². The summed E-state index contributed by atoms with van der Waals surface area (Å²) in [7, 11) is -3.62. The van der Waals surface area contributed by atoms with Crippen LogP contribution in [0.15, 0.2) is 88.9 Å². The molecule has 2 N–H and O–H groups in total. The van der Waals surface area contributed by atoms with E-state index in [4.69, 9.17) is 4.74 Å². The minimum Gasteiger partial charge on any atom is -0.494 e. The molecule has 0 aliphatic heterocycles. The van der Waals surface area contributed by atoms with E-state index in [-0.39, 0.29) is 23.1 Å². The monoisotopic (exact) mass is 622 g/mol. The zero-order valence-corrected chi connectivity index (χ0v) is 25.8. The Kier molecular flexibility index (Phi) is 10.9. The number of nitrogens with one attached hydrogen (secondary N) is 2. The molecule has 4 rings (SSSR count). The van der Waals surface area contributed by atoms with Gasteiger partial charge < -0.3 is 15.4 Å². The fraction of sp³-hybridized carbons (Fsp3) is 0.267. The number of rotatable bonds is 14. The Labute approximate surface area is 255 Å². The van der Waals surface area contributed by atoms with Crippen LogP contribution in [0.4, 0.5) is 5.69 Å². The molecule has 0 radical (unpaired) electrons. The number of benzene rings is 3. The van der Waals surface area contributed by atoms with Crippen molar-refractivity contribution in [3.8, 4) is 11.4 Å².